The predicted octanol–water partition coefficient (Wildman–Crippen LogP) is 2.39. The lowest BCUT2D eigenvalue weighted by Crippen LogP contribution is -2.21. The van der Waals surface area contributed by atoms with E-state index in [9.17, 15) is 0 Å². The second-order valence-corrected chi connectivity index (χ2v) is 6.49. The van der Waals surface area contributed by atoms with Gasteiger partial charge in [0.05, 0.1) is 5.69 Å². The number of thiazole rings is 1. The van der Waals surface area contributed by atoms with Gasteiger partial charge in [0, 0.05) is 17.5 Å². The van der Waals surface area contributed by atoms with Crippen LogP contribution in [0, 0.1) is 0 Å². The van der Waals surface area contributed by atoms with Gasteiger partial charge in [-0.15, -0.1) is 0 Å². The van der Waals surface area contributed by atoms with Crippen molar-refractivity contribution in [2.45, 2.75) is 38.8 Å². The summed E-state index contributed by atoms with van der Waals surface area (Å²) in [4.78, 5) is 9.84. The highest BCUT2D eigenvalue weighted by Gasteiger charge is 2.21. The van der Waals surface area contributed by atoms with Crippen molar-refractivity contribution in [3.63, 3.8) is 0 Å². The fourth-order valence-corrected chi connectivity index (χ4v) is 3.87. The first-order valence-corrected chi connectivity index (χ1v) is 8.38. The van der Waals surface area contributed by atoms with E-state index < -0.39 is 0 Å². The van der Waals surface area contributed by atoms with Crippen molar-refractivity contribution < 1.29 is 0 Å². The summed E-state index contributed by atoms with van der Waals surface area (Å²) < 4.78 is 0. The Hall–Kier alpha value is -1.92. The molecular formula is C16H21N5S. The van der Waals surface area contributed by atoms with E-state index in [1.54, 1.807) is 11.3 Å². The first-order valence-electron chi connectivity index (χ1n) is 7.56. The zero-order valence-electron chi connectivity index (χ0n) is 12.7. The Bertz CT molecular complexity index is 662. The van der Waals surface area contributed by atoms with Crippen molar-refractivity contribution in [2.24, 2.45) is 16.5 Å². The third-order valence-electron chi connectivity index (χ3n) is 3.98. The molecule has 0 saturated heterocycles. The average Bonchev–Trinajstić information content (AvgIpc) is 2.78. The molecule has 0 spiro atoms. The standard InChI is InChI=1S/C16H21N5S/c1-2-10-5-3-4-6-11(10)12-7-8-13-14(9-19-12)22-16(20-13)21-15(17)18/h3-6,12,19H,2,7-9H2,1H3,(H4,17,18,20,21). The molecule has 1 aliphatic rings. The number of guanidine groups is 1. The Morgan fingerprint density at radius 2 is 2.23 bits per heavy atom. The molecule has 22 heavy (non-hydrogen) atoms. The predicted molar refractivity (Wildman–Crippen MR) is 91.3 cm³/mol. The molecule has 6 heteroatoms. The summed E-state index contributed by atoms with van der Waals surface area (Å²) in [6.07, 6.45) is 3.04. The number of benzene rings is 1. The maximum atomic E-state index is 5.42. The Morgan fingerprint density at radius 3 is 3.00 bits per heavy atom. The third kappa shape index (κ3) is 3.13. The van der Waals surface area contributed by atoms with Crippen LogP contribution in [0.15, 0.2) is 29.3 Å². The number of hydrogen-bond donors (Lipinski definition) is 3. The molecule has 5 N–H and O–H groups in total. The van der Waals surface area contributed by atoms with Crippen molar-refractivity contribution in [3.05, 3.63) is 46.0 Å². The Balaban J connectivity index is 1.79. The third-order valence-corrected chi connectivity index (χ3v) is 4.97. The number of aliphatic imine (C=N–C) groups is 1. The van der Waals surface area contributed by atoms with E-state index in [0.717, 1.165) is 31.5 Å². The summed E-state index contributed by atoms with van der Waals surface area (Å²) in [5.74, 6) is 0.0617. The minimum Gasteiger partial charge on any atom is -0.370 e. The molecule has 0 saturated carbocycles. The molecule has 1 aliphatic heterocycles. The highest BCUT2D eigenvalue weighted by atomic mass is 32.1. The van der Waals surface area contributed by atoms with Crippen LogP contribution >= 0.6 is 11.3 Å². The lowest BCUT2D eigenvalue weighted by atomic mass is 9.95. The van der Waals surface area contributed by atoms with E-state index >= 15 is 0 Å². The molecule has 0 radical (unpaired) electrons. The molecule has 3 rings (SSSR count). The van der Waals surface area contributed by atoms with Crippen LogP contribution in [0.4, 0.5) is 5.13 Å². The number of rotatable bonds is 3. The maximum Gasteiger partial charge on any atom is 0.212 e. The first kappa shape index (κ1) is 15.0. The van der Waals surface area contributed by atoms with Gasteiger partial charge < -0.3 is 16.8 Å². The van der Waals surface area contributed by atoms with Crippen LogP contribution in [-0.4, -0.2) is 10.9 Å². The van der Waals surface area contributed by atoms with Crippen LogP contribution in [0.5, 0.6) is 0 Å². The topological polar surface area (TPSA) is 89.3 Å². The summed E-state index contributed by atoms with van der Waals surface area (Å²) in [5, 5.41) is 4.31. The molecule has 1 atom stereocenters. The van der Waals surface area contributed by atoms with Gasteiger partial charge in [0.1, 0.15) is 0 Å². The van der Waals surface area contributed by atoms with Gasteiger partial charge in [-0.1, -0.05) is 42.5 Å². The molecular weight excluding hydrogens is 294 g/mol. The van der Waals surface area contributed by atoms with Crippen molar-refractivity contribution in [1.82, 2.24) is 10.3 Å². The molecule has 2 heterocycles. The molecule has 0 amide bonds. The van der Waals surface area contributed by atoms with E-state index in [1.165, 1.54) is 16.0 Å². The lowest BCUT2D eigenvalue weighted by Gasteiger charge is -2.19. The van der Waals surface area contributed by atoms with Crippen molar-refractivity contribution in [3.8, 4) is 0 Å². The largest absolute Gasteiger partial charge is 0.370 e. The number of aryl methyl sites for hydroxylation is 2. The van der Waals surface area contributed by atoms with Gasteiger partial charge in [0.25, 0.3) is 0 Å². The number of aromatic nitrogens is 1. The van der Waals surface area contributed by atoms with E-state index in [2.05, 4.69) is 46.5 Å². The minimum atomic E-state index is 0.0617. The molecule has 0 bridgehead atoms. The quantitative estimate of drug-likeness (QED) is 0.599. The van der Waals surface area contributed by atoms with Gasteiger partial charge in [-0.25, -0.2) is 4.98 Å². The molecule has 1 unspecified atom stereocenters. The van der Waals surface area contributed by atoms with E-state index in [0.29, 0.717) is 11.2 Å². The number of hydrogen-bond acceptors (Lipinski definition) is 4. The highest BCUT2D eigenvalue weighted by molar-refractivity contribution is 7.15. The normalized spacial score (nSPS) is 17.6. The summed E-state index contributed by atoms with van der Waals surface area (Å²) in [6.45, 7) is 3.02. The van der Waals surface area contributed by atoms with Crippen molar-refractivity contribution in [1.29, 1.82) is 0 Å². The first-order chi connectivity index (χ1) is 10.7. The van der Waals surface area contributed by atoms with Crippen LogP contribution in [0.1, 0.15) is 41.1 Å². The van der Waals surface area contributed by atoms with Crippen LogP contribution < -0.4 is 16.8 Å². The summed E-state index contributed by atoms with van der Waals surface area (Å²) in [7, 11) is 0. The van der Waals surface area contributed by atoms with Gasteiger partial charge in [-0.2, -0.15) is 4.99 Å². The SMILES string of the molecule is CCc1ccccc1C1CCc2nc(N=C(N)N)sc2CN1. The number of fused-ring (bicyclic) bond motifs is 1. The molecule has 1 aromatic heterocycles. The summed E-state index contributed by atoms with van der Waals surface area (Å²) >= 11 is 1.56. The lowest BCUT2D eigenvalue weighted by molar-refractivity contribution is 0.515. The smallest absolute Gasteiger partial charge is 0.212 e. The Morgan fingerprint density at radius 1 is 1.41 bits per heavy atom. The van der Waals surface area contributed by atoms with Crippen molar-refractivity contribution >= 4 is 22.4 Å². The zero-order chi connectivity index (χ0) is 15.5. The molecule has 0 fully saturated rings. The number of nitrogens with two attached hydrogens (primary N) is 2. The van der Waals surface area contributed by atoms with Crippen LogP contribution in [-0.2, 0) is 19.4 Å². The molecule has 1 aromatic carbocycles. The van der Waals surface area contributed by atoms with Gasteiger partial charge in [-0.3, -0.25) is 0 Å². The number of nitrogens with one attached hydrogen (secondary N) is 1. The van der Waals surface area contributed by atoms with Gasteiger partial charge in [0.15, 0.2) is 5.96 Å². The van der Waals surface area contributed by atoms with E-state index in [4.69, 9.17) is 11.5 Å². The maximum absolute atomic E-state index is 5.42. The second-order valence-electron chi connectivity index (χ2n) is 5.43. The second kappa shape index (κ2) is 6.46. The van der Waals surface area contributed by atoms with Crippen LogP contribution in [0.3, 0.4) is 0 Å². The van der Waals surface area contributed by atoms with E-state index in [1.807, 2.05) is 0 Å². The Labute approximate surface area is 134 Å². The zero-order valence-corrected chi connectivity index (χ0v) is 13.5. The molecule has 0 aliphatic carbocycles. The highest BCUT2D eigenvalue weighted by Crippen LogP contribution is 2.32. The van der Waals surface area contributed by atoms with Crippen LogP contribution in [0.25, 0.3) is 0 Å². The summed E-state index contributed by atoms with van der Waals surface area (Å²) in [5.41, 5.74) is 14.8. The monoisotopic (exact) mass is 315 g/mol. The molecule has 5 nitrogen and oxygen atoms in total. The molecule has 116 valence electrons. The van der Waals surface area contributed by atoms with Gasteiger partial charge in [0.2, 0.25) is 5.13 Å². The Kier molecular flexibility index (Phi) is 4.40. The van der Waals surface area contributed by atoms with Crippen molar-refractivity contribution in [2.75, 3.05) is 0 Å². The minimum absolute atomic E-state index is 0.0617. The average molecular weight is 315 g/mol. The van der Waals surface area contributed by atoms with E-state index in [-0.39, 0.29) is 5.96 Å². The fraction of sp³-hybridized carbons (Fsp3) is 0.375. The summed E-state index contributed by atoms with van der Waals surface area (Å²) in [6, 6.07) is 9.05. The molecule has 2 aromatic rings. The van der Waals surface area contributed by atoms with Gasteiger partial charge in [-0.05, 0) is 30.4 Å². The van der Waals surface area contributed by atoms with Crippen LogP contribution in [0.2, 0.25) is 0 Å². The number of nitrogens with zero attached hydrogens (tertiary/aromatic N) is 2. The fourth-order valence-electron chi connectivity index (χ4n) is 2.92. The van der Waals surface area contributed by atoms with Gasteiger partial charge >= 0.3 is 0 Å².